The summed E-state index contributed by atoms with van der Waals surface area (Å²) in [5.41, 5.74) is 0. The summed E-state index contributed by atoms with van der Waals surface area (Å²) in [6.07, 6.45) is 24.6. The Balaban J connectivity index is 3.04. The average Bonchev–Trinajstić information content (AvgIpc) is 2.58. The van der Waals surface area contributed by atoms with E-state index in [0.717, 1.165) is 17.3 Å². The van der Waals surface area contributed by atoms with Crippen LogP contribution in [-0.2, 0) is 4.79 Å². The smallest absolute Gasteiger partial charge is 0.303 e. The molecule has 0 saturated carbocycles. The van der Waals surface area contributed by atoms with Gasteiger partial charge in [-0.3, -0.25) is 4.79 Å². The standard InChI is InChI=1S/C24H49NO2/c1-25(2,3)23-21-19-17-15-13-11-9-7-5-4-6-8-10-12-14-16-18-20-22-24(26)27/h4-23H2,1-3H3/p+1. The highest BCUT2D eigenvalue weighted by Gasteiger charge is 2.05. The van der Waals surface area contributed by atoms with Crippen molar-refractivity contribution in [2.75, 3.05) is 27.7 Å². The molecule has 3 nitrogen and oxygen atoms in total. The molecule has 0 spiro atoms. The van der Waals surface area contributed by atoms with Crippen molar-refractivity contribution in [2.24, 2.45) is 0 Å². The van der Waals surface area contributed by atoms with Crippen molar-refractivity contribution in [3.05, 3.63) is 0 Å². The van der Waals surface area contributed by atoms with Gasteiger partial charge in [-0.05, 0) is 19.3 Å². The molecule has 0 aromatic carbocycles. The largest absolute Gasteiger partial charge is 0.481 e. The molecule has 0 aliphatic carbocycles. The zero-order valence-electron chi connectivity index (χ0n) is 18.9. The molecule has 0 amide bonds. The van der Waals surface area contributed by atoms with Crippen LogP contribution in [0.2, 0.25) is 0 Å². The first-order valence-corrected chi connectivity index (χ1v) is 11.9. The molecule has 0 saturated heterocycles. The molecule has 3 heteroatoms. The number of carboxylic acid groups (broad SMARTS) is 1. The fraction of sp³-hybridized carbons (Fsp3) is 0.958. The Kier molecular flexibility index (Phi) is 18.4. The van der Waals surface area contributed by atoms with Gasteiger partial charge in [-0.2, -0.15) is 0 Å². The lowest BCUT2D eigenvalue weighted by molar-refractivity contribution is -0.870. The lowest BCUT2D eigenvalue weighted by Crippen LogP contribution is -2.35. The van der Waals surface area contributed by atoms with Gasteiger partial charge in [-0.1, -0.05) is 96.3 Å². The zero-order valence-corrected chi connectivity index (χ0v) is 18.9. The maximum Gasteiger partial charge on any atom is 0.303 e. The first kappa shape index (κ1) is 26.4. The summed E-state index contributed by atoms with van der Waals surface area (Å²) < 4.78 is 1.11. The van der Waals surface area contributed by atoms with Gasteiger partial charge in [0.2, 0.25) is 0 Å². The van der Waals surface area contributed by atoms with Gasteiger partial charge < -0.3 is 9.59 Å². The second-order valence-corrected chi connectivity index (χ2v) is 9.52. The highest BCUT2D eigenvalue weighted by molar-refractivity contribution is 5.66. The Labute approximate surface area is 170 Å². The molecule has 0 atom stereocenters. The topological polar surface area (TPSA) is 37.3 Å². The van der Waals surface area contributed by atoms with E-state index in [4.69, 9.17) is 5.11 Å². The Hall–Kier alpha value is -0.570. The molecule has 0 rings (SSSR count). The predicted octanol–water partition coefficient (Wildman–Crippen LogP) is 7.19. The van der Waals surface area contributed by atoms with Crippen molar-refractivity contribution in [3.8, 4) is 0 Å². The molecule has 0 fully saturated rings. The van der Waals surface area contributed by atoms with Crippen molar-refractivity contribution in [1.29, 1.82) is 0 Å². The number of hydrogen-bond acceptors (Lipinski definition) is 1. The summed E-state index contributed by atoms with van der Waals surface area (Å²) in [5.74, 6) is -0.652. The van der Waals surface area contributed by atoms with E-state index in [0.29, 0.717) is 6.42 Å². The first-order chi connectivity index (χ1) is 12.9. The third-order valence-electron chi connectivity index (χ3n) is 5.47. The lowest BCUT2D eigenvalue weighted by Gasteiger charge is -2.23. The quantitative estimate of drug-likeness (QED) is 0.168. The van der Waals surface area contributed by atoms with E-state index >= 15 is 0 Å². The molecule has 0 heterocycles. The molecule has 0 aliphatic rings. The maximum absolute atomic E-state index is 10.4. The summed E-state index contributed by atoms with van der Waals surface area (Å²) in [4.78, 5) is 10.4. The van der Waals surface area contributed by atoms with Gasteiger partial charge in [-0.15, -0.1) is 0 Å². The summed E-state index contributed by atoms with van der Waals surface area (Å²) in [6.45, 7) is 1.31. The minimum absolute atomic E-state index is 0.344. The molecule has 27 heavy (non-hydrogen) atoms. The van der Waals surface area contributed by atoms with Crippen LogP contribution in [0.4, 0.5) is 0 Å². The molecule has 0 radical (unpaired) electrons. The van der Waals surface area contributed by atoms with E-state index in [-0.39, 0.29) is 0 Å². The van der Waals surface area contributed by atoms with E-state index in [1.54, 1.807) is 0 Å². The minimum atomic E-state index is -0.652. The molecule has 0 aromatic heterocycles. The normalized spacial score (nSPS) is 11.8. The van der Waals surface area contributed by atoms with E-state index in [2.05, 4.69) is 21.1 Å². The van der Waals surface area contributed by atoms with Gasteiger partial charge in [0.25, 0.3) is 0 Å². The van der Waals surface area contributed by atoms with E-state index < -0.39 is 5.97 Å². The molecule has 0 aliphatic heterocycles. The van der Waals surface area contributed by atoms with Crippen LogP contribution in [0.5, 0.6) is 0 Å². The minimum Gasteiger partial charge on any atom is -0.481 e. The zero-order chi connectivity index (χ0) is 20.2. The van der Waals surface area contributed by atoms with Gasteiger partial charge in [-0.25, -0.2) is 0 Å². The van der Waals surface area contributed by atoms with Crippen molar-refractivity contribution in [2.45, 2.75) is 122 Å². The summed E-state index contributed by atoms with van der Waals surface area (Å²) in [6, 6.07) is 0. The Bertz CT molecular complexity index is 323. The van der Waals surface area contributed by atoms with Gasteiger partial charge in [0.1, 0.15) is 0 Å². The van der Waals surface area contributed by atoms with Crippen molar-refractivity contribution < 1.29 is 14.4 Å². The predicted molar refractivity (Wildman–Crippen MR) is 118 cm³/mol. The number of nitrogens with zero attached hydrogens (tertiary/aromatic N) is 1. The monoisotopic (exact) mass is 384 g/mol. The maximum atomic E-state index is 10.4. The van der Waals surface area contributed by atoms with Crippen LogP contribution in [0, 0.1) is 0 Å². The van der Waals surface area contributed by atoms with Crippen molar-refractivity contribution in [3.63, 3.8) is 0 Å². The van der Waals surface area contributed by atoms with Gasteiger partial charge in [0.05, 0.1) is 27.7 Å². The summed E-state index contributed by atoms with van der Waals surface area (Å²) in [5, 5.41) is 8.58. The van der Waals surface area contributed by atoms with Crippen LogP contribution >= 0.6 is 0 Å². The molecular weight excluding hydrogens is 334 g/mol. The molecule has 0 unspecified atom stereocenters. The van der Waals surface area contributed by atoms with E-state index in [9.17, 15) is 4.79 Å². The SMILES string of the molecule is C[N+](C)(C)CCCCCCCCCCCCCCCCCCCCC(=O)O. The van der Waals surface area contributed by atoms with Crippen molar-refractivity contribution in [1.82, 2.24) is 0 Å². The molecule has 1 N–H and O–H groups in total. The molecule has 0 aromatic rings. The number of hydrogen-bond donors (Lipinski definition) is 1. The Morgan fingerprint density at radius 3 is 1.04 bits per heavy atom. The second kappa shape index (κ2) is 18.8. The highest BCUT2D eigenvalue weighted by Crippen LogP contribution is 2.14. The number of unbranched alkanes of at least 4 members (excludes halogenated alkanes) is 17. The van der Waals surface area contributed by atoms with Gasteiger partial charge in [0.15, 0.2) is 0 Å². The van der Waals surface area contributed by atoms with Gasteiger partial charge >= 0.3 is 5.97 Å². The Morgan fingerprint density at radius 2 is 0.778 bits per heavy atom. The van der Waals surface area contributed by atoms with Crippen LogP contribution < -0.4 is 0 Å². The lowest BCUT2D eigenvalue weighted by atomic mass is 10.0. The van der Waals surface area contributed by atoms with Crippen LogP contribution in [0.25, 0.3) is 0 Å². The summed E-state index contributed by atoms with van der Waals surface area (Å²) in [7, 11) is 6.86. The molecule has 162 valence electrons. The van der Waals surface area contributed by atoms with Crippen molar-refractivity contribution >= 4 is 5.97 Å². The Morgan fingerprint density at radius 1 is 0.519 bits per heavy atom. The van der Waals surface area contributed by atoms with Crippen LogP contribution in [0.3, 0.4) is 0 Å². The highest BCUT2D eigenvalue weighted by atomic mass is 16.4. The fourth-order valence-corrected chi connectivity index (χ4v) is 3.69. The van der Waals surface area contributed by atoms with E-state index in [1.165, 1.54) is 109 Å². The number of carbonyl (C=O) groups is 1. The number of aliphatic carboxylic acids is 1. The average molecular weight is 385 g/mol. The van der Waals surface area contributed by atoms with Crippen LogP contribution in [-0.4, -0.2) is 43.2 Å². The summed E-state index contributed by atoms with van der Waals surface area (Å²) >= 11 is 0. The third kappa shape index (κ3) is 25.4. The van der Waals surface area contributed by atoms with Gasteiger partial charge in [0, 0.05) is 6.42 Å². The molecular formula is C24H50NO2+. The number of quaternary nitrogens is 1. The molecule has 0 bridgehead atoms. The second-order valence-electron chi connectivity index (χ2n) is 9.52. The van der Waals surface area contributed by atoms with Crippen LogP contribution in [0.15, 0.2) is 0 Å². The van der Waals surface area contributed by atoms with E-state index in [1.807, 2.05) is 0 Å². The number of rotatable bonds is 21. The third-order valence-corrected chi connectivity index (χ3v) is 5.47. The van der Waals surface area contributed by atoms with Crippen LogP contribution in [0.1, 0.15) is 122 Å². The fourth-order valence-electron chi connectivity index (χ4n) is 3.69. The number of carboxylic acids is 1. The first-order valence-electron chi connectivity index (χ1n) is 11.9.